The van der Waals surface area contributed by atoms with Crippen molar-refractivity contribution in [1.29, 1.82) is 0 Å². The van der Waals surface area contributed by atoms with Gasteiger partial charge in [-0.1, -0.05) is 0 Å². The highest BCUT2D eigenvalue weighted by Gasteiger charge is 2.53. The Morgan fingerprint density at radius 2 is 1.71 bits per heavy atom. The van der Waals surface area contributed by atoms with Gasteiger partial charge >= 0.3 is 0 Å². The van der Waals surface area contributed by atoms with Crippen LogP contribution < -0.4 is 14.3 Å². The number of hydrogen-bond donors (Lipinski definition) is 3. The first-order valence-electron chi connectivity index (χ1n) is 12.9. The van der Waals surface area contributed by atoms with E-state index >= 15 is 0 Å². The number of anilines is 2. The topological polar surface area (TPSA) is 133 Å². The van der Waals surface area contributed by atoms with Crippen LogP contribution in [0.25, 0.3) is 0 Å². The third-order valence-corrected chi connectivity index (χ3v) is 12.4. The molecular formula is C26H35N3O6S3. The lowest BCUT2D eigenvalue weighted by Gasteiger charge is -2.38. The van der Waals surface area contributed by atoms with Gasteiger partial charge in [0, 0.05) is 34.3 Å². The predicted octanol–water partition coefficient (Wildman–Crippen LogP) is 3.81. The minimum absolute atomic E-state index is 0.0897. The van der Waals surface area contributed by atoms with Crippen molar-refractivity contribution in [2.75, 3.05) is 28.5 Å². The van der Waals surface area contributed by atoms with E-state index in [1.807, 2.05) is 6.07 Å². The lowest BCUT2D eigenvalue weighted by molar-refractivity contribution is 0.0980. The Balaban J connectivity index is 1.47. The van der Waals surface area contributed by atoms with Crippen LogP contribution in [0.4, 0.5) is 11.4 Å². The summed E-state index contributed by atoms with van der Waals surface area (Å²) in [5, 5.41) is 10.7. The van der Waals surface area contributed by atoms with Crippen LogP contribution in [0.15, 0.2) is 33.9 Å². The maximum Gasteiger partial charge on any atom is 0.259 e. The third-order valence-electron chi connectivity index (χ3n) is 7.95. The molecule has 2 spiro atoms. The van der Waals surface area contributed by atoms with Crippen LogP contribution in [-0.2, 0) is 25.5 Å². The van der Waals surface area contributed by atoms with Gasteiger partial charge in [-0.25, -0.2) is 21.6 Å². The molecule has 1 aromatic heterocycles. The zero-order valence-corrected chi connectivity index (χ0v) is 24.4. The van der Waals surface area contributed by atoms with Gasteiger partial charge in [-0.3, -0.25) is 9.52 Å². The molecule has 0 saturated heterocycles. The summed E-state index contributed by atoms with van der Waals surface area (Å²) in [5.74, 6) is -0.660. The molecular weight excluding hydrogens is 547 g/mol. The van der Waals surface area contributed by atoms with Crippen molar-refractivity contribution in [3.8, 4) is 0 Å². The van der Waals surface area contributed by atoms with E-state index in [0.29, 0.717) is 23.2 Å². The van der Waals surface area contributed by atoms with Gasteiger partial charge in [-0.2, -0.15) is 0 Å². The maximum atomic E-state index is 13.8. The van der Waals surface area contributed by atoms with E-state index in [4.69, 9.17) is 5.11 Å². The second-order valence-corrected chi connectivity index (χ2v) is 16.7. The van der Waals surface area contributed by atoms with E-state index in [1.165, 1.54) is 18.9 Å². The first kappa shape index (κ1) is 27.6. The molecule has 0 atom stereocenters. The van der Waals surface area contributed by atoms with Crippen molar-refractivity contribution in [3.05, 3.63) is 40.8 Å². The highest BCUT2D eigenvalue weighted by atomic mass is 32.2. The number of sulfonamides is 2. The number of nitrogens with one attached hydrogen (secondary N) is 2. The van der Waals surface area contributed by atoms with Crippen molar-refractivity contribution in [3.63, 3.8) is 0 Å². The molecule has 2 aliphatic carbocycles. The third kappa shape index (κ3) is 5.38. The summed E-state index contributed by atoms with van der Waals surface area (Å²) in [4.78, 5) is 15.5. The van der Waals surface area contributed by atoms with E-state index in [0.717, 1.165) is 48.3 Å². The molecule has 0 radical (unpaired) electrons. The second kappa shape index (κ2) is 9.29. The molecule has 5 rings (SSSR count). The Morgan fingerprint density at radius 1 is 1.05 bits per heavy atom. The first-order valence-corrected chi connectivity index (χ1v) is 16.9. The highest BCUT2D eigenvalue weighted by molar-refractivity contribution is 7.92. The van der Waals surface area contributed by atoms with E-state index < -0.39 is 37.9 Å². The Labute approximate surface area is 228 Å². The number of thiophene rings is 1. The number of benzene rings is 1. The van der Waals surface area contributed by atoms with Crippen LogP contribution in [0.5, 0.6) is 0 Å². The lowest BCUT2D eigenvalue weighted by atomic mass is 9.66. The number of hydrogen-bond acceptors (Lipinski definition) is 7. The molecule has 0 bridgehead atoms. The standard InChI is InChI=1S/C26H35N3O6S3/c1-24(2,3)28-38(34,35)22-14-18(16-36-22)23(31)29-17-26(10-8-25(6-7-25)9-11-26)20-15-19(4-5-21(20)29)27-37(32,33)13-12-30/h4-5,14-16,27-28,30H,6-13,17H2,1-3H3. The number of nitrogens with zero attached hydrogens (tertiary/aromatic N) is 1. The van der Waals surface area contributed by atoms with Crippen molar-refractivity contribution in [2.24, 2.45) is 5.41 Å². The van der Waals surface area contributed by atoms with Gasteiger partial charge in [0.25, 0.3) is 15.9 Å². The van der Waals surface area contributed by atoms with Crippen LogP contribution in [0.1, 0.15) is 75.2 Å². The molecule has 2 fully saturated rings. The summed E-state index contributed by atoms with van der Waals surface area (Å²) in [7, 11) is -7.45. The molecule has 38 heavy (non-hydrogen) atoms. The average Bonchev–Trinajstić information content (AvgIpc) is 3.24. The molecule has 2 saturated carbocycles. The minimum atomic E-state index is -3.76. The summed E-state index contributed by atoms with van der Waals surface area (Å²) in [6.45, 7) is 5.29. The Hall–Kier alpha value is -1.99. The number of aliphatic hydroxyl groups is 1. The minimum Gasteiger partial charge on any atom is -0.395 e. The monoisotopic (exact) mass is 581 g/mol. The zero-order chi connectivity index (χ0) is 27.6. The van der Waals surface area contributed by atoms with Crippen LogP contribution in [0.2, 0.25) is 0 Å². The summed E-state index contributed by atoms with van der Waals surface area (Å²) in [5.41, 5.74) is 1.90. The predicted molar refractivity (Wildman–Crippen MR) is 149 cm³/mol. The summed E-state index contributed by atoms with van der Waals surface area (Å²) in [6, 6.07) is 6.67. The van der Waals surface area contributed by atoms with E-state index in [-0.39, 0.29) is 15.5 Å². The van der Waals surface area contributed by atoms with Crippen LogP contribution in [0.3, 0.4) is 0 Å². The summed E-state index contributed by atoms with van der Waals surface area (Å²) >= 11 is 1.02. The zero-order valence-electron chi connectivity index (χ0n) is 21.9. The molecule has 3 N–H and O–H groups in total. The van der Waals surface area contributed by atoms with Gasteiger partial charge in [-0.05, 0) is 94.5 Å². The van der Waals surface area contributed by atoms with Crippen molar-refractivity contribution >= 4 is 48.7 Å². The SMILES string of the molecule is CC(C)(C)NS(=O)(=O)c1cc(C(=O)N2CC3(CCC4(CC4)CC3)c3cc(NS(=O)(=O)CCO)ccc32)cs1. The van der Waals surface area contributed by atoms with Crippen molar-refractivity contribution < 1.29 is 26.7 Å². The second-order valence-electron chi connectivity index (χ2n) is 12.1. The Morgan fingerprint density at radius 3 is 2.32 bits per heavy atom. The van der Waals surface area contributed by atoms with Crippen LogP contribution in [0, 0.1) is 5.41 Å². The summed E-state index contributed by atoms with van der Waals surface area (Å²) in [6.07, 6.45) is 6.47. The quantitative estimate of drug-likeness (QED) is 0.456. The molecule has 1 amide bonds. The number of aliphatic hydroxyl groups excluding tert-OH is 1. The molecule has 1 aromatic carbocycles. The Bertz CT molecular complexity index is 1460. The molecule has 2 aromatic rings. The molecule has 1 aliphatic heterocycles. The van der Waals surface area contributed by atoms with Gasteiger partial charge in [0.05, 0.1) is 17.9 Å². The van der Waals surface area contributed by atoms with Crippen molar-refractivity contribution in [2.45, 2.75) is 74.5 Å². The van der Waals surface area contributed by atoms with Gasteiger partial charge in [0.2, 0.25) is 10.0 Å². The number of rotatable bonds is 7. The largest absolute Gasteiger partial charge is 0.395 e. The smallest absolute Gasteiger partial charge is 0.259 e. The van der Waals surface area contributed by atoms with Crippen LogP contribution >= 0.6 is 11.3 Å². The van der Waals surface area contributed by atoms with Gasteiger partial charge in [0.1, 0.15) is 4.21 Å². The van der Waals surface area contributed by atoms with Gasteiger partial charge in [0.15, 0.2) is 0 Å². The fourth-order valence-electron chi connectivity index (χ4n) is 5.81. The maximum absolute atomic E-state index is 13.8. The molecule has 0 unspecified atom stereocenters. The fraction of sp³-hybridized carbons (Fsp3) is 0.577. The van der Waals surface area contributed by atoms with Crippen LogP contribution in [-0.4, -0.2) is 52.3 Å². The normalized spacial score (nSPS) is 20.1. The molecule has 208 valence electrons. The van der Waals surface area contributed by atoms with Gasteiger partial charge in [-0.15, -0.1) is 11.3 Å². The summed E-state index contributed by atoms with van der Waals surface area (Å²) < 4.78 is 55.5. The number of carbonyl (C=O) groups is 1. The van der Waals surface area contributed by atoms with E-state index in [2.05, 4.69) is 9.44 Å². The van der Waals surface area contributed by atoms with E-state index in [1.54, 1.807) is 43.2 Å². The number of carbonyl (C=O) groups excluding carboxylic acids is 1. The van der Waals surface area contributed by atoms with E-state index in [9.17, 15) is 21.6 Å². The van der Waals surface area contributed by atoms with Crippen molar-refractivity contribution in [1.82, 2.24) is 4.72 Å². The number of amides is 1. The molecule has 2 heterocycles. The first-order chi connectivity index (χ1) is 17.7. The molecule has 3 aliphatic rings. The average molecular weight is 582 g/mol. The lowest BCUT2D eigenvalue weighted by Crippen LogP contribution is -2.40. The highest BCUT2D eigenvalue weighted by Crippen LogP contribution is 2.62. The molecule has 12 heteroatoms. The van der Waals surface area contributed by atoms with Gasteiger partial charge < -0.3 is 10.0 Å². The number of fused-ring (bicyclic) bond motifs is 2. The fourth-order valence-corrected chi connectivity index (χ4v) is 9.21. The molecule has 9 nitrogen and oxygen atoms in total. The Kier molecular flexibility index (Phi) is 6.74.